The van der Waals surface area contributed by atoms with Crippen LogP contribution >= 0.6 is 0 Å². The lowest BCUT2D eigenvalue weighted by Crippen LogP contribution is -2.37. The van der Waals surface area contributed by atoms with Gasteiger partial charge in [0.05, 0.1) is 5.56 Å². The topological polar surface area (TPSA) is 125 Å². The largest absolute Gasteiger partial charge is 0.452 e. The third-order valence-electron chi connectivity index (χ3n) is 2.10. The average Bonchev–Trinajstić information content (AvgIpc) is 2.28. The predicted molar refractivity (Wildman–Crippen MR) is 63.6 cm³/mol. The molecule has 0 saturated carbocycles. The standard InChI is InChI=1S/C11H13N3O4/c1-6-4-7(2-3-8(6)12)10(16)18-5-9(15)14-11(13)17/h2-4H,5,12H2,1H3,(H3,13,14,15,17). The number of benzene rings is 1. The van der Waals surface area contributed by atoms with Crippen LogP contribution in [0.1, 0.15) is 15.9 Å². The summed E-state index contributed by atoms with van der Waals surface area (Å²) >= 11 is 0. The van der Waals surface area contributed by atoms with Crippen LogP contribution in [0.25, 0.3) is 0 Å². The molecule has 0 radical (unpaired) electrons. The van der Waals surface area contributed by atoms with Gasteiger partial charge in [0.25, 0.3) is 5.91 Å². The summed E-state index contributed by atoms with van der Waals surface area (Å²) in [6.07, 6.45) is 0. The Morgan fingerprint density at radius 2 is 2.00 bits per heavy atom. The van der Waals surface area contributed by atoms with Crippen LogP contribution in [-0.2, 0) is 9.53 Å². The van der Waals surface area contributed by atoms with Crippen molar-refractivity contribution >= 4 is 23.6 Å². The van der Waals surface area contributed by atoms with Gasteiger partial charge in [0.15, 0.2) is 6.61 Å². The Bertz CT molecular complexity index is 499. The number of urea groups is 1. The molecule has 0 unspecified atom stereocenters. The van der Waals surface area contributed by atoms with Gasteiger partial charge in [0.1, 0.15) is 0 Å². The van der Waals surface area contributed by atoms with Gasteiger partial charge in [-0.1, -0.05) is 0 Å². The lowest BCUT2D eigenvalue weighted by molar-refractivity contribution is -0.123. The second-order valence-corrected chi connectivity index (χ2v) is 3.56. The van der Waals surface area contributed by atoms with E-state index in [9.17, 15) is 14.4 Å². The number of nitrogens with two attached hydrogens (primary N) is 2. The maximum atomic E-state index is 11.5. The monoisotopic (exact) mass is 251 g/mol. The van der Waals surface area contributed by atoms with Crippen LogP contribution in [0.4, 0.5) is 10.5 Å². The number of primary amides is 1. The SMILES string of the molecule is Cc1cc(C(=O)OCC(=O)NC(N)=O)ccc1N. The highest BCUT2D eigenvalue weighted by atomic mass is 16.5. The number of carbonyl (C=O) groups excluding carboxylic acids is 3. The van der Waals surface area contributed by atoms with E-state index < -0.39 is 24.5 Å². The van der Waals surface area contributed by atoms with Gasteiger partial charge in [-0.3, -0.25) is 10.1 Å². The van der Waals surface area contributed by atoms with Gasteiger partial charge < -0.3 is 16.2 Å². The molecule has 0 aromatic heterocycles. The quantitative estimate of drug-likeness (QED) is 0.512. The number of imide groups is 1. The number of nitrogen functional groups attached to an aromatic ring is 1. The van der Waals surface area contributed by atoms with Crippen LogP contribution in [0.3, 0.4) is 0 Å². The fraction of sp³-hybridized carbons (Fsp3) is 0.182. The van der Waals surface area contributed by atoms with Gasteiger partial charge in [-0.25, -0.2) is 9.59 Å². The third kappa shape index (κ3) is 3.78. The Morgan fingerprint density at radius 3 is 2.56 bits per heavy atom. The second-order valence-electron chi connectivity index (χ2n) is 3.56. The Labute approximate surface area is 103 Å². The van der Waals surface area contributed by atoms with Crippen molar-refractivity contribution in [2.24, 2.45) is 5.73 Å². The zero-order valence-corrected chi connectivity index (χ0v) is 9.73. The Morgan fingerprint density at radius 1 is 1.33 bits per heavy atom. The van der Waals surface area contributed by atoms with Crippen LogP contribution in [-0.4, -0.2) is 24.5 Å². The number of amides is 3. The minimum atomic E-state index is -1.00. The van der Waals surface area contributed by atoms with Crippen molar-refractivity contribution in [3.8, 4) is 0 Å². The number of aryl methyl sites for hydroxylation is 1. The highest BCUT2D eigenvalue weighted by molar-refractivity contribution is 5.96. The summed E-state index contributed by atoms with van der Waals surface area (Å²) < 4.78 is 4.69. The first kappa shape index (κ1) is 13.5. The summed E-state index contributed by atoms with van der Waals surface area (Å²) in [5.74, 6) is -1.47. The van der Waals surface area contributed by atoms with Gasteiger partial charge in [0, 0.05) is 5.69 Å². The van der Waals surface area contributed by atoms with Crippen molar-refractivity contribution < 1.29 is 19.1 Å². The summed E-state index contributed by atoms with van der Waals surface area (Å²) in [7, 11) is 0. The first-order valence-corrected chi connectivity index (χ1v) is 5.02. The van der Waals surface area contributed by atoms with E-state index in [4.69, 9.17) is 11.5 Å². The number of anilines is 1. The van der Waals surface area contributed by atoms with E-state index in [2.05, 4.69) is 4.74 Å². The van der Waals surface area contributed by atoms with Crippen molar-refractivity contribution in [3.63, 3.8) is 0 Å². The molecule has 7 nitrogen and oxygen atoms in total. The highest BCUT2D eigenvalue weighted by Gasteiger charge is 2.11. The van der Waals surface area contributed by atoms with Crippen LogP contribution < -0.4 is 16.8 Å². The Hall–Kier alpha value is -2.57. The molecule has 96 valence electrons. The van der Waals surface area contributed by atoms with Gasteiger partial charge in [-0.05, 0) is 30.7 Å². The molecule has 18 heavy (non-hydrogen) atoms. The molecule has 1 rings (SSSR count). The van der Waals surface area contributed by atoms with E-state index in [1.165, 1.54) is 6.07 Å². The minimum absolute atomic E-state index is 0.272. The van der Waals surface area contributed by atoms with Crippen LogP contribution in [0, 0.1) is 6.92 Å². The fourth-order valence-corrected chi connectivity index (χ4v) is 1.19. The molecule has 1 aromatic rings. The summed E-state index contributed by atoms with van der Waals surface area (Å²) in [4.78, 5) is 32.9. The molecule has 3 amide bonds. The van der Waals surface area contributed by atoms with Crippen LogP contribution in [0.2, 0.25) is 0 Å². The maximum Gasteiger partial charge on any atom is 0.338 e. The first-order chi connectivity index (χ1) is 8.40. The van der Waals surface area contributed by atoms with Crippen molar-refractivity contribution in [1.82, 2.24) is 5.32 Å². The predicted octanol–water partition coefficient (Wildman–Crippen LogP) is -0.0711. The molecule has 0 aliphatic rings. The summed E-state index contributed by atoms with van der Waals surface area (Å²) in [6, 6.07) is 3.59. The molecular formula is C11H13N3O4. The lowest BCUT2D eigenvalue weighted by atomic mass is 10.1. The van der Waals surface area contributed by atoms with E-state index in [-0.39, 0.29) is 5.56 Å². The van der Waals surface area contributed by atoms with E-state index in [0.717, 1.165) is 5.56 Å². The molecule has 0 saturated heterocycles. The number of nitrogens with one attached hydrogen (secondary N) is 1. The highest BCUT2D eigenvalue weighted by Crippen LogP contribution is 2.13. The van der Waals surface area contributed by atoms with Crippen molar-refractivity contribution in [2.45, 2.75) is 6.92 Å². The molecule has 7 heteroatoms. The fourth-order valence-electron chi connectivity index (χ4n) is 1.19. The number of hydrogen-bond donors (Lipinski definition) is 3. The summed E-state index contributed by atoms with van der Waals surface area (Å²) in [5.41, 5.74) is 11.9. The molecule has 0 atom stereocenters. The average molecular weight is 251 g/mol. The van der Waals surface area contributed by atoms with E-state index in [1.807, 2.05) is 0 Å². The molecule has 0 fully saturated rings. The Balaban J connectivity index is 2.58. The molecular weight excluding hydrogens is 238 g/mol. The lowest BCUT2D eigenvalue weighted by Gasteiger charge is -2.06. The van der Waals surface area contributed by atoms with Gasteiger partial charge in [0.2, 0.25) is 0 Å². The van der Waals surface area contributed by atoms with Gasteiger partial charge >= 0.3 is 12.0 Å². The number of rotatable bonds is 3. The maximum absolute atomic E-state index is 11.5. The number of ether oxygens (including phenoxy) is 1. The van der Waals surface area contributed by atoms with Crippen LogP contribution in [0.5, 0.6) is 0 Å². The molecule has 0 aliphatic carbocycles. The molecule has 0 bridgehead atoms. The third-order valence-corrected chi connectivity index (χ3v) is 2.10. The van der Waals surface area contributed by atoms with Gasteiger partial charge in [-0.15, -0.1) is 0 Å². The molecule has 1 aromatic carbocycles. The second kappa shape index (κ2) is 5.67. The zero-order valence-electron chi connectivity index (χ0n) is 9.73. The normalized spacial score (nSPS) is 9.61. The number of hydrogen-bond acceptors (Lipinski definition) is 5. The minimum Gasteiger partial charge on any atom is -0.452 e. The molecule has 0 heterocycles. The Kier molecular flexibility index (Phi) is 4.25. The van der Waals surface area contributed by atoms with Crippen molar-refractivity contribution in [3.05, 3.63) is 29.3 Å². The van der Waals surface area contributed by atoms with Gasteiger partial charge in [-0.2, -0.15) is 0 Å². The van der Waals surface area contributed by atoms with E-state index in [0.29, 0.717) is 5.69 Å². The molecule has 0 aliphatic heterocycles. The zero-order chi connectivity index (χ0) is 13.7. The first-order valence-electron chi connectivity index (χ1n) is 5.02. The summed E-state index contributed by atoms with van der Waals surface area (Å²) in [5, 5.41) is 1.77. The molecule has 0 spiro atoms. The number of carbonyl (C=O) groups is 3. The van der Waals surface area contributed by atoms with E-state index >= 15 is 0 Å². The summed E-state index contributed by atoms with van der Waals surface area (Å²) in [6.45, 7) is 1.16. The number of esters is 1. The molecule has 5 N–H and O–H groups in total. The van der Waals surface area contributed by atoms with Crippen LogP contribution in [0.15, 0.2) is 18.2 Å². The smallest absolute Gasteiger partial charge is 0.338 e. The van der Waals surface area contributed by atoms with Crippen molar-refractivity contribution in [2.75, 3.05) is 12.3 Å². The van der Waals surface area contributed by atoms with Crippen molar-refractivity contribution in [1.29, 1.82) is 0 Å². The van der Waals surface area contributed by atoms with E-state index in [1.54, 1.807) is 24.4 Å².